The Morgan fingerprint density at radius 2 is 2.00 bits per heavy atom. The molecule has 0 saturated carbocycles. The van der Waals surface area contributed by atoms with E-state index in [1.54, 1.807) is 38.2 Å². The summed E-state index contributed by atoms with van der Waals surface area (Å²) in [6.45, 7) is 2.03. The van der Waals surface area contributed by atoms with Crippen LogP contribution < -0.4 is 19.7 Å². The van der Waals surface area contributed by atoms with E-state index in [0.717, 1.165) is 5.69 Å². The normalized spacial score (nSPS) is 17.3. The number of terminal acetylenes is 1. The fourth-order valence-corrected chi connectivity index (χ4v) is 2.11. The predicted octanol–water partition coefficient (Wildman–Crippen LogP) is 1.48. The summed E-state index contributed by atoms with van der Waals surface area (Å²) in [6.07, 6.45) is 5.33. The number of amides is 1. The van der Waals surface area contributed by atoms with Gasteiger partial charge >= 0.3 is 0 Å². The smallest absolute Gasteiger partial charge is 0.250 e. The average Bonchev–Trinajstić information content (AvgIpc) is 2.42. The van der Waals surface area contributed by atoms with Crippen molar-refractivity contribution in [3.63, 3.8) is 0 Å². The second-order valence-corrected chi connectivity index (χ2v) is 4.22. The molecule has 1 amide bonds. The Labute approximate surface area is 112 Å². The van der Waals surface area contributed by atoms with Crippen molar-refractivity contribution in [3.05, 3.63) is 12.1 Å². The molecule has 5 heteroatoms. The highest BCUT2D eigenvalue weighted by molar-refractivity contribution is 6.05. The van der Waals surface area contributed by atoms with Crippen LogP contribution in [-0.4, -0.2) is 32.7 Å². The van der Waals surface area contributed by atoms with Crippen molar-refractivity contribution in [1.29, 1.82) is 0 Å². The molecule has 100 valence electrons. The highest BCUT2D eigenvalue weighted by Crippen LogP contribution is 2.40. The lowest BCUT2D eigenvalue weighted by molar-refractivity contribution is -0.119. The molecule has 1 unspecified atom stereocenters. The lowest BCUT2D eigenvalue weighted by Gasteiger charge is -2.33. The van der Waals surface area contributed by atoms with Gasteiger partial charge in [-0.15, -0.1) is 6.42 Å². The Morgan fingerprint density at radius 1 is 1.37 bits per heavy atom. The number of carbonyl (C=O) groups is 1. The van der Waals surface area contributed by atoms with Gasteiger partial charge < -0.3 is 14.8 Å². The van der Waals surface area contributed by atoms with Crippen LogP contribution in [0.1, 0.15) is 6.92 Å². The van der Waals surface area contributed by atoms with E-state index in [0.29, 0.717) is 17.2 Å². The molecule has 1 aromatic carbocycles. The molecule has 1 aliphatic rings. The summed E-state index contributed by atoms with van der Waals surface area (Å²) in [4.78, 5) is 13.7. The highest BCUT2D eigenvalue weighted by atomic mass is 16.5. The Hall–Kier alpha value is -2.35. The molecular formula is C14H16N2O3. The summed E-state index contributed by atoms with van der Waals surface area (Å²) >= 11 is 0. The van der Waals surface area contributed by atoms with Gasteiger partial charge in [0, 0.05) is 12.1 Å². The molecule has 5 nitrogen and oxygen atoms in total. The van der Waals surface area contributed by atoms with Gasteiger partial charge in [-0.2, -0.15) is 0 Å². The zero-order chi connectivity index (χ0) is 14.0. The summed E-state index contributed by atoms with van der Waals surface area (Å²) in [5.74, 6) is 3.61. The van der Waals surface area contributed by atoms with Gasteiger partial charge in [0.15, 0.2) is 11.5 Å². The third kappa shape index (κ3) is 2.17. The molecule has 0 spiro atoms. The van der Waals surface area contributed by atoms with Gasteiger partial charge in [-0.3, -0.25) is 9.69 Å². The monoisotopic (exact) mass is 260 g/mol. The molecule has 0 aliphatic carbocycles. The van der Waals surface area contributed by atoms with Crippen LogP contribution in [0.4, 0.5) is 11.4 Å². The summed E-state index contributed by atoms with van der Waals surface area (Å²) in [6, 6.07) is 3.24. The van der Waals surface area contributed by atoms with Crippen molar-refractivity contribution in [2.75, 3.05) is 31.0 Å². The molecule has 1 aliphatic heterocycles. The van der Waals surface area contributed by atoms with E-state index in [2.05, 4.69) is 11.2 Å². The third-order valence-electron chi connectivity index (χ3n) is 3.05. The number of rotatable bonds is 3. The van der Waals surface area contributed by atoms with Gasteiger partial charge in [0.05, 0.1) is 32.1 Å². The fraction of sp³-hybridized carbons (Fsp3) is 0.357. The Balaban J connectivity index is 2.55. The molecule has 1 N–H and O–H groups in total. The Bertz CT molecular complexity index is 548. The maximum atomic E-state index is 12.1. The third-order valence-corrected chi connectivity index (χ3v) is 3.05. The number of fused-ring (bicyclic) bond motifs is 1. The largest absolute Gasteiger partial charge is 0.493 e. The van der Waals surface area contributed by atoms with Crippen LogP contribution in [-0.2, 0) is 4.79 Å². The Morgan fingerprint density at radius 3 is 2.58 bits per heavy atom. The van der Waals surface area contributed by atoms with Crippen LogP contribution in [0.25, 0.3) is 0 Å². The van der Waals surface area contributed by atoms with E-state index in [1.165, 1.54) is 0 Å². The van der Waals surface area contributed by atoms with Crippen molar-refractivity contribution in [3.8, 4) is 23.8 Å². The predicted molar refractivity (Wildman–Crippen MR) is 73.8 cm³/mol. The van der Waals surface area contributed by atoms with Crippen molar-refractivity contribution in [2.45, 2.75) is 13.0 Å². The molecule has 0 bridgehead atoms. The van der Waals surface area contributed by atoms with E-state index in [1.807, 2.05) is 0 Å². The quantitative estimate of drug-likeness (QED) is 0.836. The molecule has 0 radical (unpaired) electrons. The van der Waals surface area contributed by atoms with Crippen LogP contribution in [0.15, 0.2) is 12.1 Å². The molecule has 0 saturated heterocycles. The van der Waals surface area contributed by atoms with Crippen LogP contribution in [0.3, 0.4) is 0 Å². The number of carbonyl (C=O) groups excluding carboxylic acids is 1. The van der Waals surface area contributed by atoms with Gasteiger partial charge in [-0.05, 0) is 6.92 Å². The minimum absolute atomic E-state index is 0.0577. The van der Waals surface area contributed by atoms with E-state index in [-0.39, 0.29) is 18.5 Å². The number of nitrogens with zero attached hydrogens (tertiary/aromatic N) is 1. The maximum absolute atomic E-state index is 12.1. The van der Waals surface area contributed by atoms with Crippen LogP contribution in [0.2, 0.25) is 0 Å². The topological polar surface area (TPSA) is 50.8 Å². The number of hydrogen-bond donors (Lipinski definition) is 1. The highest BCUT2D eigenvalue weighted by Gasteiger charge is 2.30. The minimum atomic E-state index is -0.320. The fourth-order valence-electron chi connectivity index (χ4n) is 2.11. The van der Waals surface area contributed by atoms with Crippen molar-refractivity contribution in [2.24, 2.45) is 0 Å². The summed E-state index contributed by atoms with van der Waals surface area (Å²) in [7, 11) is 3.12. The number of hydrogen-bond acceptors (Lipinski definition) is 4. The van der Waals surface area contributed by atoms with Gasteiger partial charge in [-0.1, -0.05) is 5.92 Å². The minimum Gasteiger partial charge on any atom is -0.493 e. The molecule has 0 fully saturated rings. The molecule has 1 heterocycles. The van der Waals surface area contributed by atoms with E-state index in [4.69, 9.17) is 15.9 Å². The first-order valence-corrected chi connectivity index (χ1v) is 5.89. The van der Waals surface area contributed by atoms with Crippen molar-refractivity contribution in [1.82, 2.24) is 0 Å². The van der Waals surface area contributed by atoms with Crippen LogP contribution in [0.5, 0.6) is 11.5 Å². The Kier molecular flexibility index (Phi) is 3.52. The van der Waals surface area contributed by atoms with E-state index < -0.39 is 0 Å². The number of ether oxygens (including phenoxy) is 2. The van der Waals surface area contributed by atoms with Crippen molar-refractivity contribution < 1.29 is 14.3 Å². The van der Waals surface area contributed by atoms with Crippen LogP contribution in [0, 0.1) is 12.3 Å². The second-order valence-electron chi connectivity index (χ2n) is 4.22. The molecule has 1 atom stereocenters. The zero-order valence-electron chi connectivity index (χ0n) is 11.2. The maximum Gasteiger partial charge on any atom is 0.250 e. The number of nitrogens with one attached hydrogen (secondary N) is 1. The summed E-state index contributed by atoms with van der Waals surface area (Å²) in [5.41, 5.74) is 1.51. The standard InChI is InChI=1S/C14H16N2O3/c1-5-6-16-11-8-13(19-4)12(18-3)7-10(11)15-9(2)14(16)17/h1,7-9,15H,6H2,2-4H3. The number of benzene rings is 1. The first-order valence-electron chi connectivity index (χ1n) is 5.89. The second kappa shape index (κ2) is 5.11. The molecule has 0 aromatic heterocycles. The van der Waals surface area contributed by atoms with Crippen molar-refractivity contribution >= 4 is 17.3 Å². The summed E-state index contributed by atoms with van der Waals surface area (Å²) in [5, 5.41) is 3.13. The van der Waals surface area contributed by atoms with Gasteiger partial charge in [0.1, 0.15) is 6.04 Å². The lowest BCUT2D eigenvalue weighted by atomic mass is 10.1. The van der Waals surface area contributed by atoms with Crippen LogP contribution >= 0.6 is 0 Å². The zero-order valence-corrected chi connectivity index (χ0v) is 11.2. The van der Waals surface area contributed by atoms with Gasteiger partial charge in [0.25, 0.3) is 0 Å². The summed E-state index contributed by atoms with van der Waals surface area (Å²) < 4.78 is 10.5. The molecular weight excluding hydrogens is 244 g/mol. The number of anilines is 2. The van der Waals surface area contributed by atoms with Gasteiger partial charge in [-0.25, -0.2) is 0 Å². The first kappa shape index (κ1) is 13.1. The molecule has 19 heavy (non-hydrogen) atoms. The lowest BCUT2D eigenvalue weighted by Crippen LogP contribution is -2.45. The molecule has 1 aromatic rings. The first-order chi connectivity index (χ1) is 9.12. The number of methoxy groups -OCH3 is 2. The van der Waals surface area contributed by atoms with E-state index in [9.17, 15) is 4.79 Å². The average molecular weight is 260 g/mol. The molecule has 2 rings (SSSR count). The van der Waals surface area contributed by atoms with Gasteiger partial charge in [0.2, 0.25) is 5.91 Å². The van der Waals surface area contributed by atoms with E-state index >= 15 is 0 Å². The SMILES string of the molecule is C#CCN1C(=O)C(C)Nc2cc(OC)c(OC)cc21.